The number of aliphatic hydroxyl groups is 5. The van der Waals surface area contributed by atoms with E-state index in [0.717, 1.165) is 44.9 Å². The number of nitrogens with one attached hydrogen (secondary N) is 1. The SMILES string of the molecule is CCCCCCCC/C=C\CCCCCCCCCC(=O)NC(COC1OC(CO)C(O)C(O)C1O)C(O)/C=C/CCCCCCCCCCCCCCCCCCCCCCCCCCCCCCCCC. The van der Waals surface area contributed by atoms with E-state index in [-0.39, 0.29) is 12.5 Å². The van der Waals surface area contributed by atoms with Crippen molar-refractivity contribution in [2.24, 2.45) is 0 Å². The molecule has 1 aliphatic heterocycles. The van der Waals surface area contributed by atoms with Crippen molar-refractivity contribution in [2.75, 3.05) is 13.2 Å². The average molecular weight is 1030 g/mol. The van der Waals surface area contributed by atoms with Gasteiger partial charge in [0.25, 0.3) is 0 Å². The maximum absolute atomic E-state index is 13.1. The van der Waals surface area contributed by atoms with E-state index in [4.69, 9.17) is 9.47 Å². The Morgan fingerprint density at radius 2 is 0.767 bits per heavy atom. The highest BCUT2D eigenvalue weighted by atomic mass is 16.7. The van der Waals surface area contributed by atoms with Crippen molar-refractivity contribution in [1.29, 1.82) is 0 Å². The van der Waals surface area contributed by atoms with Gasteiger partial charge in [-0.05, 0) is 44.9 Å². The van der Waals surface area contributed by atoms with E-state index in [1.807, 2.05) is 6.08 Å². The van der Waals surface area contributed by atoms with Crippen LogP contribution in [0, 0.1) is 0 Å². The molecule has 73 heavy (non-hydrogen) atoms. The molecule has 1 rings (SSSR count). The molecule has 9 nitrogen and oxygen atoms in total. The molecule has 0 aromatic rings. The summed E-state index contributed by atoms with van der Waals surface area (Å²) in [5.74, 6) is -0.177. The van der Waals surface area contributed by atoms with Crippen LogP contribution < -0.4 is 5.32 Å². The lowest BCUT2D eigenvalue weighted by Gasteiger charge is -2.40. The first-order valence-electron chi connectivity index (χ1n) is 32.1. The summed E-state index contributed by atoms with van der Waals surface area (Å²) in [6, 6.07) is -0.806. The molecule has 1 heterocycles. The molecule has 0 spiro atoms. The zero-order valence-corrected chi connectivity index (χ0v) is 48.2. The van der Waals surface area contributed by atoms with Gasteiger partial charge < -0.3 is 40.3 Å². The number of allylic oxidation sites excluding steroid dienone is 3. The van der Waals surface area contributed by atoms with Gasteiger partial charge in [-0.3, -0.25) is 4.79 Å². The summed E-state index contributed by atoms with van der Waals surface area (Å²) < 4.78 is 11.3. The molecule has 0 aliphatic carbocycles. The molecule has 432 valence electrons. The van der Waals surface area contributed by atoms with Gasteiger partial charge in [-0.15, -0.1) is 0 Å². The van der Waals surface area contributed by atoms with Gasteiger partial charge in [0.1, 0.15) is 24.4 Å². The molecule has 0 radical (unpaired) electrons. The third kappa shape index (κ3) is 43.4. The van der Waals surface area contributed by atoms with E-state index in [2.05, 4.69) is 31.3 Å². The maximum atomic E-state index is 13.1. The first-order chi connectivity index (χ1) is 35.8. The molecule has 6 N–H and O–H groups in total. The lowest BCUT2D eigenvalue weighted by Crippen LogP contribution is -2.60. The highest BCUT2D eigenvalue weighted by molar-refractivity contribution is 5.76. The predicted octanol–water partition coefficient (Wildman–Crippen LogP) is 16.5. The molecule has 7 atom stereocenters. The number of carbonyl (C=O) groups excluding carboxylic acids is 1. The van der Waals surface area contributed by atoms with Crippen molar-refractivity contribution < 1.29 is 39.8 Å². The maximum Gasteiger partial charge on any atom is 0.220 e. The fraction of sp³-hybridized carbons (Fsp3) is 0.922. The molecule has 9 heteroatoms. The Bertz CT molecular complexity index is 1200. The average Bonchev–Trinajstić information content (AvgIpc) is 3.39. The summed E-state index contributed by atoms with van der Waals surface area (Å²) in [7, 11) is 0. The minimum Gasteiger partial charge on any atom is -0.394 e. The lowest BCUT2D eigenvalue weighted by atomic mass is 9.99. The molecule has 1 aliphatic rings. The van der Waals surface area contributed by atoms with Gasteiger partial charge >= 0.3 is 0 Å². The quantitative estimate of drug-likeness (QED) is 0.0261. The third-order valence-corrected chi connectivity index (χ3v) is 15.5. The molecule has 1 saturated heterocycles. The van der Waals surface area contributed by atoms with Gasteiger partial charge in [0, 0.05) is 6.42 Å². The minimum atomic E-state index is -1.57. The molecule has 1 amide bonds. The van der Waals surface area contributed by atoms with Crippen LogP contribution in [0.1, 0.15) is 322 Å². The number of hydrogen-bond acceptors (Lipinski definition) is 8. The second kappa shape index (κ2) is 54.0. The van der Waals surface area contributed by atoms with Crippen LogP contribution in [0.25, 0.3) is 0 Å². The number of ether oxygens (including phenoxy) is 2. The van der Waals surface area contributed by atoms with Gasteiger partial charge in [-0.2, -0.15) is 0 Å². The smallest absolute Gasteiger partial charge is 0.220 e. The molecule has 7 unspecified atom stereocenters. The van der Waals surface area contributed by atoms with E-state index < -0.39 is 49.5 Å². The number of hydrogen-bond donors (Lipinski definition) is 6. The second-order valence-corrected chi connectivity index (χ2v) is 22.6. The van der Waals surface area contributed by atoms with E-state index >= 15 is 0 Å². The fourth-order valence-corrected chi connectivity index (χ4v) is 10.4. The molecule has 1 fully saturated rings. The Morgan fingerprint density at radius 3 is 1.11 bits per heavy atom. The van der Waals surface area contributed by atoms with Gasteiger partial charge in [0.2, 0.25) is 5.91 Å². The van der Waals surface area contributed by atoms with Gasteiger partial charge in [-0.25, -0.2) is 0 Å². The lowest BCUT2D eigenvalue weighted by molar-refractivity contribution is -0.302. The Hall–Kier alpha value is -1.33. The van der Waals surface area contributed by atoms with Crippen molar-refractivity contribution in [1.82, 2.24) is 5.32 Å². The molecule has 0 aromatic carbocycles. The van der Waals surface area contributed by atoms with Crippen molar-refractivity contribution in [3.05, 3.63) is 24.3 Å². The van der Waals surface area contributed by atoms with E-state index in [9.17, 15) is 30.3 Å². The highest BCUT2D eigenvalue weighted by Crippen LogP contribution is 2.23. The molecule has 0 bridgehead atoms. The summed E-state index contributed by atoms with van der Waals surface area (Å²) in [6.45, 7) is 3.81. The Morgan fingerprint density at radius 1 is 0.452 bits per heavy atom. The van der Waals surface area contributed by atoms with Crippen LogP contribution in [0.5, 0.6) is 0 Å². The fourth-order valence-electron chi connectivity index (χ4n) is 10.4. The highest BCUT2D eigenvalue weighted by Gasteiger charge is 2.44. The van der Waals surface area contributed by atoms with Crippen molar-refractivity contribution in [3.8, 4) is 0 Å². The summed E-state index contributed by atoms with van der Waals surface area (Å²) in [5.41, 5.74) is 0. The van der Waals surface area contributed by atoms with E-state index in [1.165, 1.54) is 257 Å². The first kappa shape index (κ1) is 69.7. The molecular formula is C64H123NO8. The topological polar surface area (TPSA) is 149 Å². The minimum absolute atomic E-state index is 0.177. The molecular weight excluding hydrogens is 911 g/mol. The molecule has 0 aromatic heterocycles. The van der Waals surface area contributed by atoms with Crippen LogP contribution in [-0.2, 0) is 14.3 Å². The van der Waals surface area contributed by atoms with Gasteiger partial charge in [-0.1, -0.05) is 295 Å². The first-order valence-corrected chi connectivity index (χ1v) is 32.1. The van der Waals surface area contributed by atoms with E-state index in [1.54, 1.807) is 6.08 Å². The largest absolute Gasteiger partial charge is 0.394 e. The number of aliphatic hydroxyl groups excluding tert-OH is 5. The second-order valence-electron chi connectivity index (χ2n) is 22.6. The Kier molecular flexibility index (Phi) is 51.6. The number of amides is 1. The van der Waals surface area contributed by atoms with Crippen molar-refractivity contribution >= 4 is 5.91 Å². The Labute approximate surface area is 451 Å². The van der Waals surface area contributed by atoms with Gasteiger partial charge in [0.05, 0.1) is 25.4 Å². The van der Waals surface area contributed by atoms with Gasteiger partial charge in [0.15, 0.2) is 6.29 Å². The number of carbonyl (C=O) groups is 1. The van der Waals surface area contributed by atoms with Crippen LogP contribution in [0.15, 0.2) is 24.3 Å². The normalized spacial score (nSPS) is 19.1. The summed E-state index contributed by atoms with van der Waals surface area (Å²) in [6.07, 6.45) is 62.7. The zero-order valence-electron chi connectivity index (χ0n) is 48.2. The van der Waals surface area contributed by atoms with Crippen molar-refractivity contribution in [2.45, 2.75) is 365 Å². The monoisotopic (exact) mass is 1030 g/mol. The Balaban J connectivity index is 2.12. The standard InChI is InChI=1S/C64H123NO8/c1-3-5-7-9-11-13-15-17-19-21-22-23-24-25-26-27-28-29-30-31-32-33-34-35-36-38-39-41-43-45-47-49-51-53-58(67)57(56-72-64-63(71)62(70)61(69)59(55-66)73-64)65-60(68)54-52-50-48-46-44-42-40-37-20-18-16-14-12-10-8-6-4-2/h18,20,51,53,57-59,61-64,66-67,69-71H,3-17,19,21-50,52,54-56H2,1-2H3,(H,65,68)/b20-18-,53-51+. The number of unbranched alkanes of at least 4 members (excludes halogenated alkanes) is 44. The summed E-state index contributed by atoms with van der Waals surface area (Å²) >= 11 is 0. The number of rotatable bonds is 56. The zero-order chi connectivity index (χ0) is 52.9. The van der Waals surface area contributed by atoms with Crippen LogP contribution in [0.2, 0.25) is 0 Å². The molecule has 0 saturated carbocycles. The van der Waals surface area contributed by atoms with Crippen LogP contribution in [-0.4, -0.2) is 87.5 Å². The predicted molar refractivity (Wildman–Crippen MR) is 309 cm³/mol. The van der Waals surface area contributed by atoms with Crippen molar-refractivity contribution in [3.63, 3.8) is 0 Å². The van der Waals surface area contributed by atoms with E-state index in [0.29, 0.717) is 6.42 Å². The van der Waals surface area contributed by atoms with Crippen LogP contribution >= 0.6 is 0 Å². The summed E-state index contributed by atoms with van der Waals surface area (Å²) in [4.78, 5) is 13.1. The van der Waals surface area contributed by atoms with Crippen LogP contribution in [0.4, 0.5) is 0 Å². The third-order valence-electron chi connectivity index (χ3n) is 15.5. The van der Waals surface area contributed by atoms with Crippen LogP contribution in [0.3, 0.4) is 0 Å². The summed E-state index contributed by atoms with van der Waals surface area (Å²) in [5, 5.41) is 54.6.